The van der Waals surface area contributed by atoms with Gasteiger partial charge >= 0.3 is 19.8 Å². The molecule has 0 radical (unpaired) electrons. The number of hydrogen-bond donors (Lipinski definition) is 2. The highest BCUT2D eigenvalue weighted by Crippen LogP contribution is 2.35. The molecule has 0 saturated heterocycles. The van der Waals surface area contributed by atoms with Gasteiger partial charge in [0.1, 0.15) is 6.61 Å². The quantitative estimate of drug-likeness (QED) is 0.0298. The molecule has 0 rings (SSSR count). The molecule has 1 atom stereocenters. The lowest BCUT2D eigenvalue weighted by Crippen LogP contribution is -2.29. The Morgan fingerprint density at radius 2 is 0.980 bits per heavy atom. The highest BCUT2D eigenvalue weighted by atomic mass is 31.2. The average molecular weight is 719 g/mol. The zero-order valence-electron chi connectivity index (χ0n) is 31.0. The highest BCUT2D eigenvalue weighted by Gasteiger charge is 2.22. The first-order valence-corrected chi connectivity index (χ1v) is 20.4. The van der Waals surface area contributed by atoms with Crippen molar-refractivity contribution in [2.75, 3.05) is 13.2 Å². The molecule has 0 aromatic rings. The van der Waals surface area contributed by atoms with E-state index in [-0.39, 0.29) is 19.4 Å². The molecular formula is C41H67O8P. The van der Waals surface area contributed by atoms with Gasteiger partial charge < -0.3 is 19.3 Å². The SMILES string of the molecule is CC/C=C\C/C=C\C/C=C\C/C=C\CCCCC(=O)O[C@H](COC(=O)CCC/C=C\C/C=C\C/C=C\CCCCCCCC)COP(=O)(O)O. The van der Waals surface area contributed by atoms with Crippen LogP contribution in [0.2, 0.25) is 0 Å². The number of hydrogen-bond acceptors (Lipinski definition) is 6. The van der Waals surface area contributed by atoms with Gasteiger partial charge in [0.05, 0.1) is 6.61 Å². The fourth-order valence-corrected chi connectivity index (χ4v) is 4.97. The van der Waals surface area contributed by atoms with Gasteiger partial charge in [0.25, 0.3) is 0 Å². The minimum atomic E-state index is -4.78. The smallest absolute Gasteiger partial charge is 0.462 e. The number of esters is 2. The Morgan fingerprint density at radius 3 is 1.50 bits per heavy atom. The summed E-state index contributed by atoms with van der Waals surface area (Å²) in [5.74, 6) is -1.00. The monoisotopic (exact) mass is 718 g/mol. The molecule has 0 aromatic heterocycles. The van der Waals surface area contributed by atoms with Gasteiger partial charge in [0.15, 0.2) is 6.10 Å². The van der Waals surface area contributed by atoms with Crippen molar-refractivity contribution in [3.63, 3.8) is 0 Å². The third kappa shape index (κ3) is 38.0. The fraction of sp³-hybridized carbons (Fsp3) is 0.610. The number of carbonyl (C=O) groups is 2. The van der Waals surface area contributed by atoms with Crippen molar-refractivity contribution in [2.45, 2.75) is 148 Å². The maximum atomic E-state index is 12.3. The first-order chi connectivity index (χ1) is 24.3. The first kappa shape index (κ1) is 47.2. The van der Waals surface area contributed by atoms with Crippen molar-refractivity contribution in [3.8, 4) is 0 Å². The molecule has 0 aliphatic carbocycles. The number of carbonyl (C=O) groups excluding carboxylic acids is 2. The molecule has 0 unspecified atom stereocenters. The van der Waals surface area contributed by atoms with Crippen molar-refractivity contribution in [3.05, 3.63) is 85.1 Å². The van der Waals surface area contributed by atoms with Gasteiger partial charge in [-0.3, -0.25) is 14.1 Å². The Morgan fingerprint density at radius 1 is 0.540 bits per heavy atom. The summed E-state index contributed by atoms with van der Waals surface area (Å²) in [6.07, 6.45) is 47.4. The topological polar surface area (TPSA) is 119 Å². The lowest BCUT2D eigenvalue weighted by molar-refractivity contribution is -0.161. The number of phosphoric acid groups is 1. The molecule has 0 spiro atoms. The van der Waals surface area contributed by atoms with E-state index in [0.29, 0.717) is 12.8 Å². The summed E-state index contributed by atoms with van der Waals surface area (Å²) < 4.78 is 26.2. The standard InChI is InChI=1S/C41H67O8P/c1-3-5-7-9-11-13-15-17-19-20-22-23-25-27-29-31-33-35-40(42)47-37-39(38-48-50(44,45)46)49-41(43)36-34-32-30-28-26-24-21-18-16-14-12-10-8-6-4-2/h6,8,12,14,17-19,21-23,26-29,39H,3-5,7,9-11,13,15-16,20,24-25,30-38H2,1-2H3,(H2,44,45,46)/b8-6-,14-12-,19-17-,21-18-,23-22-,28-26-,29-27-/t39-/m1/s1. The lowest BCUT2D eigenvalue weighted by atomic mass is 10.1. The van der Waals surface area contributed by atoms with E-state index in [0.717, 1.165) is 64.2 Å². The molecule has 8 nitrogen and oxygen atoms in total. The van der Waals surface area contributed by atoms with Crippen LogP contribution < -0.4 is 0 Å². The normalized spacial score (nSPS) is 13.4. The van der Waals surface area contributed by atoms with Crippen LogP contribution in [0.5, 0.6) is 0 Å². The third-order valence-electron chi connectivity index (χ3n) is 7.40. The summed E-state index contributed by atoms with van der Waals surface area (Å²) in [6.45, 7) is 3.46. The van der Waals surface area contributed by atoms with Gasteiger partial charge in [-0.2, -0.15) is 0 Å². The maximum absolute atomic E-state index is 12.3. The van der Waals surface area contributed by atoms with Gasteiger partial charge in [-0.25, -0.2) is 4.57 Å². The molecule has 0 fully saturated rings. The largest absolute Gasteiger partial charge is 0.469 e. The lowest BCUT2D eigenvalue weighted by Gasteiger charge is -2.18. The van der Waals surface area contributed by atoms with Crippen LogP contribution in [-0.4, -0.2) is 41.0 Å². The van der Waals surface area contributed by atoms with E-state index in [1.165, 1.54) is 38.5 Å². The van der Waals surface area contributed by atoms with E-state index in [1.54, 1.807) is 0 Å². The van der Waals surface area contributed by atoms with Gasteiger partial charge in [-0.05, 0) is 83.5 Å². The van der Waals surface area contributed by atoms with Crippen molar-refractivity contribution in [1.29, 1.82) is 0 Å². The van der Waals surface area contributed by atoms with E-state index in [1.807, 2.05) is 6.08 Å². The summed E-state index contributed by atoms with van der Waals surface area (Å²) in [7, 11) is -4.78. The number of unbranched alkanes of at least 4 members (excludes halogenated alkanes) is 9. The zero-order chi connectivity index (χ0) is 36.8. The van der Waals surface area contributed by atoms with Crippen LogP contribution in [0.25, 0.3) is 0 Å². The second-order valence-corrected chi connectivity index (χ2v) is 13.4. The number of phosphoric ester groups is 1. The van der Waals surface area contributed by atoms with Crippen LogP contribution in [0.1, 0.15) is 142 Å². The molecule has 50 heavy (non-hydrogen) atoms. The molecule has 0 bridgehead atoms. The van der Waals surface area contributed by atoms with E-state index >= 15 is 0 Å². The predicted octanol–water partition coefficient (Wildman–Crippen LogP) is 11.3. The maximum Gasteiger partial charge on any atom is 0.469 e. The minimum absolute atomic E-state index is 0.144. The van der Waals surface area contributed by atoms with Crippen LogP contribution in [-0.2, 0) is 28.2 Å². The molecule has 0 heterocycles. The molecule has 284 valence electrons. The second-order valence-electron chi connectivity index (χ2n) is 12.2. The van der Waals surface area contributed by atoms with Gasteiger partial charge in [-0.15, -0.1) is 0 Å². The summed E-state index contributed by atoms with van der Waals surface area (Å²) in [4.78, 5) is 42.7. The van der Waals surface area contributed by atoms with Gasteiger partial charge in [0.2, 0.25) is 0 Å². The van der Waals surface area contributed by atoms with Crippen molar-refractivity contribution in [1.82, 2.24) is 0 Å². The Bertz CT molecular complexity index is 1080. The number of rotatable bonds is 33. The van der Waals surface area contributed by atoms with E-state index in [2.05, 4.69) is 97.4 Å². The minimum Gasteiger partial charge on any atom is -0.462 e. The molecule has 0 saturated carbocycles. The number of ether oxygens (including phenoxy) is 2. The van der Waals surface area contributed by atoms with Crippen LogP contribution in [0.3, 0.4) is 0 Å². The summed E-state index contributed by atoms with van der Waals surface area (Å²) in [6, 6.07) is 0. The van der Waals surface area contributed by atoms with Crippen molar-refractivity contribution >= 4 is 19.8 Å². The average Bonchev–Trinajstić information content (AvgIpc) is 3.08. The predicted molar refractivity (Wildman–Crippen MR) is 207 cm³/mol. The van der Waals surface area contributed by atoms with Gasteiger partial charge in [-0.1, -0.05) is 131 Å². The molecule has 0 aliphatic heterocycles. The highest BCUT2D eigenvalue weighted by molar-refractivity contribution is 7.46. The molecule has 0 amide bonds. The Hall–Kier alpha value is -2.77. The van der Waals surface area contributed by atoms with Gasteiger partial charge in [0, 0.05) is 12.8 Å². The molecular weight excluding hydrogens is 651 g/mol. The second kappa shape index (κ2) is 36.0. The summed E-state index contributed by atoms with van der Waals surface area (Å²) >= 11 is 0. The molecule has 9 heteroatoms. The first-order valence-electron chi connectivity index (χ1n) is 18.9. The van der Waals surface area contributed by atoms with Crippen molar-refractivity contribution < 1.29 is 37.9 Å². The van der Waals surface area contributed by atoms with E-state index in [9.17, 15) is 14.2 Å². The van der Waals surface area contributed by atoms with Crippen LogP contribution in [0.15, 0.2) is 85.1 Å². The molecule has 2 N–H and O–H groups in total. The van der Waals surface area contributed by atoms with Crippen LogP contribution >= 0.6 is 7.82 Å². The Labute approximate surface area is 303 Å². The summed E-state index contributed by atoms with van der Waals surface area (Å²) in [5.41, 5.74) is 0. The van der Waals surface area contributed by atoms with Crippen LogP contribution in [0.4, 0.5) is 0 Å². The fourth-order valence-electron chi connectivity index (χ4n) is 4.61. The zero-order valence-corrected chi connectivity index (χ0v) is 31.9. The Kier molecular flexibility index (Phi) is 34.0. The van der Waals surface area contributed by atoms with E-state index in [4.69, 9.17) is 19.3 Å². The van der Waals surface area contributed by atoms with E-state index < -0.39 is 32.5 Å². The Balaban J connectivity index is 4.15. The number of allylic oxidation sites excluding steroid dienone is 14. The van der Waals surface area contributed by atoms with Crippen molar-refractivity contribution in [2.24, 2.45) is 0 Å². The summed E-state index contributed by atoms with van der Waals surface area (Å²) in [5, 5.41) is 0. The van der Waals surface area contributed by atoms with Crippen LogP contribution in [0, 0.1) is 0 Å². The molecule has 0 aromatic carbocycles. The molecule has 0 aliphatic rings. The third-order valence-corrected chi connectivity index (χ3v) is 7.88.